The molecule has 2 rings (SSSR count). The standard InChI is InChI=1S/C13H17N3O6/c1-7-5-10(15-22-7)14-11(17)6-16(2)12(18)8-3-4-9(21-8)13(19)20/h5,8-9H,3-4,6H2,1-2H3,(H,19,20)(H,14,15,17)/t8-,9+/m0/s1. The number of amides is 2. The Hall–Kier alpha value is -2.42. The second kappa shape index (κ2) is 6.56. The molecule has 0 bridgehead atoms. The molecule has 1 saturated heterocycles. The van der Waals surface area contributed by atoms with Crippen LogP contribution in [-0.2, 0) is 19.1 Å². The first kappa shape index (κ1) is 16.0. The van der Waals surface area contributed by atoms with E-state index in [4.69, 9.17) is 14.4 Å². The van der Waals surface area contributed by atoms with Gasteiger partial charge >= 0.3 is 5.97 Å². The van der Waals surface area contributed by atoms with Gasteiger partial charge in [0, 0.05) is 13.1 Å². The van der Waals surface area contributed by atoms with Gasteiger partial charge in [-0.05, 0) is 19.8 Å². The van der Waals surface area contributed by atoms with Crippen molar-refractivity contribution in [2.24, 2.45) is 0 Å². The smallest absolute Gasteiger partial charge is 0.332 e. The molecular weight excluding hydrogens is 294 g/mol. The van der Waals surface area contributed by atoms with Gasteiger partial charge in [0.1, 0.15) is 11.9 Å². The quantitative estimate of drug-likeness (QED) is 0.785. The fourth-order valence-electron chi connectivity index (χ4n) is 2.15. The third kappa shape index (κ3) is 3.82. The number of aromatic nitrogens is 1. The molecule has 0 unspecified atom stereocenters. The summed E-state index contributed by atoms with van der Waals surface area (Å²) < 4.78 is 9.97. The molecule has 1 aliphatic heterocycles. The van der Waals surface area contributed by atoms with Gasteiger partial charge in [0.05, 0.1) is 6.54 Å². The van der Waals surface area contributed by atoms with Gasteiger partial charge in [-0.1, -0.05) is 5.16 Å². The van der Waals surface area contributed by atoms with Crippen molar-refractivity contribution in [3.8, 4) is 0 Å². The summed E-state index contributed by atoms with van der Waals surface area (Å²) in [5, 5.41) is 14.9. The van der Waals surface area contributed by atoms with Crippen molar-refractivity contribution < 1.29 is 28.8 Å². The molecule has 1 aromatic rings. The number of carbonyl (C=O) groups excluding carboxylic acids is 2. The zero-order valence-electron chi connectivity index (χ0n) is 12.2. The molecule has 9 nitrogen and oxygen atoms in total. The Morgan fingerprint density at radius 2 is 2.09 bits per heavy atom. The van der Waals surface area contributed by atoms with E-state index in [1.54, 1.807) is 13.0 Å². The lowest BCUT2D eigenvalue weighted by atomic mass is 10.2. The molecule has 2 heterocycles. The first-order valence-electron chi connectivity index (χ1n) is 6.73. The van der Waals surface area contributed by atoms with Crippen molar-refractivity contribution >= 4 is 23.6 Å². The number of hydrogen-bond donors (Lipinski definition) is 2. The number of likely N-dealkylation sites (N-methyl/N-ethyl adjacent to an activating group) is 1. The highest BCUT2D eigenvalue weighted by molar-refractivity contribution is 5.94. The van der Waals surface area contributed by atoms with Crippen LogP contribution in [0.2, 0.25) is 0 Å². The van der Waals surface area contributed by atoms with Crippen LogP contribution in [0.3, 0.4) is 0 Å². The monoisotopic (exact) mass is 311 g/mol. The summed E-state index contributed by atoms with van der Waals surface area (Å²) >= 11 is 0. The number of ether oxygens (including phenoxy) is 1. The Morgan fingerprint density at radius 3 is 2.64 bits per heavy atom. The van der Waals surface area contributed by atoms with E-state index >= 15 is 0 Å². The summed E-state index contributed by atoms with van der Waals surface area (Å²) in [6.45, 7) is 1.50. The highest BCUT2D eigenvalue weighted by atomic mass is 16.5. The molecule has 0 spiro atoms. The van der Waals surface area contributed by atoms with Gasteiger partial charge in [0.25, 0.3) is 5.91 Å². The maximum Gasteiger partial charge on any atom is 0.332 e. The number of nitrogens with zero attached hydrogens (tertiary/aromatic N) is 2. The lowest BCUT2D eigenvalue weighted by Gasteiger charge is -2.20. The van der Waals surface area contributed by atoms with Gasteiger partial charge in [-0.3, -0.25) is 9.59 Å². The van der Waals surface area contributed by atoms with Crippen LogP contribution in [0.15, 0.2) is 10.6 Å². The first-order valence-corrected chi connectivity index (χ1v) is 6.73. The predicted octanol–water partition coefficient (Wildman–Crippen LogP) is 0.0121. The number of nitrogens with one attached hydrogen (secondary N) is 1. The number of rotatable bonds is 5. The molecule has 9 heteroatoms. The number of hydrogen-bond acceptors (Lipinski definition) is 6. The summed E-state index contributed by atoms with van der Waals surface area (Å²) in [4.78, 5) is 35.9. The van der Waals surface area contributed by atoms with Crippen LogP contribution >= 0.6 is 0 Å². The fourth-order valence-corrected chi connectivity index (χ4v) is 2.15. The second-order valence-corrected chi connectivity index (χ2v) is 5.09. The zero-order valence-corrected chi connectivity index (χ0v) is 12.2. The third-order valence-electron chi connectivity index (χ3n) is 3.22. The first-order chi connectivity index (χ1) is 10.4. The minimum absolute atomic E-state index is 0.192. The molecular formula is C13H17N3O6. The average molecular weight is 311 g/mol. The topological polar surface area (TPSA) is 122 Å². The van der Waals surface area contributed by atoms with Gasteiger partial charge in [-0.2, -0.15) is 0 Å². The number of carboxylic acid groups (broad SMARTS) is 1. The van der Waals surface area contributed by atoms with Crippen LogP contribution in [0.5, 0.6) is 0 Å². The SMILES string of the molecule is Cc1cc(NC(=O)CN(C)C(=O)[C@@H]2CC[C@H](C(=O)O)O2)no1. The minimum Gasteiger partial charge on any atom is -0.479 e. The highest BCUT2D eigenvalue weighted by Gasteiger charge is 2.36. The summed E-state index contributed by atoms with van der Waals surface area (Å²) in [5.41, 5.74) is 0. The number of carbonyl (C=O) groups is 3. The van der Waals surface area contributed by atoms with Crippen molar-refractivity contribution in [3.63, 3.8) is 0 Å². The largest absolute Gasteiger partial charge is 0.479 e. The molecule has 1 aromatic heterocycles. The van der Waals surface area contributed by atoms with Gasteiger partial charge in [-0.25, -0.2) is 4.79 Å². The molecule has 120 valence electrons. The summed E-state index contributed by atoms with van der Waals surface area (Å²) in [6.07, 6.45) is -1.18. The van der Waals surface area contributed by atoms with Crippen molar-refractivity contribution in [2.75, 3.05) is 18.9 Å². The average Bonchev–Trinajstić information content (AvgIpc) is 3.07. The molecule has 2 amide bonds. The van der Waals surface area contributed by atoms with Crippen molar-refractivity contribution in [1.82, 2.24) is 10.1 Å². The van der Waals surface area contributed by atoms with Gasteiger partial charge in [0.2, 0.25) is 5.91 Å². The lowest BCUT2D eigenvalue weighted by molar-refractivity contribution is -0.154. The van der Waals surface area contributed by atoms with Crippen LogP contribution in [0.1, 0.15) is 18.6 Å². The third-order valence-corrected chi connectivity index (χ3v) is 3.22. The van der Waals surface area contributed by atoms with E-state index in [-0.39, 0.29) is 18.8 Å². The molecule has 2 atom stereocenters. The molecule has 2 N–H and O–H groups in total. The van der Waals surface area contributed by atoms with Crippen LogP contribution in [-0.4, -0.2) is 58.7 Å². The molecule has 0 radical (unpaired) electrons. The van der Waals surface area contributed by atoms with Gasteiger partial charge < -0.3 is 24.6 Å². The fraction of sp³-hybridized carbons (Fsp3) is 0.538. The maximum atomic E-state index is 12.1. The van der Waals surface area contributed by atoms with E-state index < -0.39 is 30.0 Å². The van der Waals surface area contributed by atoms with Crippen LogP contribution in [0.25, 0.3) is 0 Å². The maximum absolute atomic E-state index is 12.1. The van der Waals surface area contributed by atoms with Crippen LogP contribution in [0, 0.1) is 6.92 Å². The van der Waals surface area contributed by atoms with Crippen LogP contribution < -0.4 is 5.32 Å². The Labute approximate surface area is 126 Å². The lowest BCUT2D eigenvalue weighted by Crippen LogP contribution is -2.41. The molecule has 0 saturated carbocycles. The molecule has 22 heavy (non-hydrogen) atoms. The number of carboxylic acids is 1. The van der Waals surface area contributed by atoms with Crippen molar-refractivity contribution in [3.05, 3.63) is 11.8 Å². The molecule has 0 aromatic carbocycles. The Morgan fingerprint density at radius 1 is 1.41 bits per heavy atom. The van der Waals surface area contributed by atoms with E-state index in [9.17, 15) is 14.4 Å². The van der Waals surface area contributed by atoms with Crippen molar-refractivity contribution in [1.29, 1.82) is 0 Å². The predicted molar refractivity (Wildman–Crippen MR) is 73.0 cm³/mol. The molecule has 1 fully saturated rings. The zero-order chi connectivity index (χ0) is 16.3. The highest BCUT2D eigenvalue weighted by Crippen LogP contribution is 2.21. The van der Waals surface area contributed by atoms with E-state index in [1.807, 2.05) is 0 Å². The Balaban J connectivity index is 1.83. The number of anilines is 1. The van der Waals surface area contributed by atoms with Crippen molar-refractivity contribution in [2.45, 2.75) is 32.0 Å². The summed E-state index contributed by atoms with van der Waals surface area (Å²) in [7, 11) is 1.45. The number of aryl methyl sites for hydroxylation is 1. The number of aliphatic carboxylic acids is 1. The van der Waals surface area contributed by atoms with E-state index in [0.29, 0.717) is 12.2 Å². The molecule has 1 aliphatic rings. The second-order valence-electron chi connectivity index (χ2n) is 5.09. The van der Waals surface area contributed by atoms with Crippen LogP contribution in [0.4, 0.5) is 5.82 Å². The Bertz CT molecular complexity index is 584. The van der Waals surface area contributed by atoms with Gasteiger partial charge in [-0.15, -0.1) is 0 Å². The van der Waals surface area contributed by atoms with E-state index in [1.165, 1.54) is 11.9 Å². The normalized spacial score (nSPS) is 20.6. The minimum atomic E-state index is -1.09. The van der Waals surface area contributed by atoms with E-state index in [2.05, 4.69) is 10.5 Å². The van der Waals surface area contributed by atoms with E-state index in [0.717, 1.165) is 0 Å². The Kier molecular flexibility index (Phi) is 4.76. The summed E-state index contributed by atoms with van der Waals surface area (Å²) in [6, 6.07) is 1.55. The molecule has 0 aliphatic carbocycles. The van der Waals surface area contributed by atoms with Gasteiger partial charge in [0.15, 0.2) is 11.9 Å². The summed E-state index contributed by atoms with van der Waals surface area (Å²) in [5.74, 6) is -1.12.